The molecule has 0 amide bonds. The zero-order chi connectivity index (χ0) is 13.0. The monoisotopic (exact) mass is 284 g/mol. The van der Waals surface area contributed by atoms with Crippen LogP contribution < -0.4 is 10.1 Å². The fourth-order valence-corrected chi connectivity index (χ4v) is 5.24. The SMILES string of the molecule is CNC(c1ncccc1OC)C1SCCSC1C. The Balaban J connectivity index is 2.26. The van der Waals surface area contributed by atoms with Gasteiger partial charge in [0.15, 0.2) is 0 Å². The third-order valence-corrected chi connectivity index (χ3v) is 6.39. The van der Waals surface area contributed by atoms with E-state index in [-0.39, 0.29) is 6.04 Å². The fourth-order valence-electron chi connectivity index (χ4n) is 2.28. The number of rotatable bonds is 4. The highest BCUT2D eigenvalue weighted by Crippen LogP contribution is 2.39. The molecule has 0 radical (unpaired) electrons. The largest absolute Gasteiger partial charge is 0.495 e. The Bertz CT molecular complexity index is 389. The second-order valence-electron chi connectivity index (χ2n) is 4.27. The Labute approximate surface area is 117 Å². The number of methoxy groups -OCH3 is 1. The molecule has 0 spiro atoms. The maximum absolute atomic E-state index is 5.44. The molecule has 1 aromatic rings. The summed E-state index contributed by atoms with van der Waals surface area (Å²) in [5.41, 5.74) is 1.02. The lowest BCUT2D eigenvalue weighted by Gasteiger charge is -2.34. The molecule has 1 N–H and O–H groups in total. The third kappa shape index (κ3) is 2.95. The number of aromatic nitrogens is 1. The van der Waals surface area contributed by atoms with Crippen molar-refractivity contribution in [1.29, 1.82) is 0 Å². The predicted octanol–water partition coefficient (Wildman–Crippen LogP) is 2.59. The number of nitrogens with zero attached hydrogens (tertiary/aromatic N) is 1. The Morgan fingerprint density at radius 3 is 2.89 bits per heavy atom. The second kappa shape index (κ2) is 6.68. The Morgan fingerprint density at radius 2 is 2.22 bits per heavy atom. The molecule has 0 aromatic carbocycles. The van der Waals surface area contributed by atoms with Gasteiger partial charge in [-0.3, -0.25) is 4.98 Å². The van der Waals surface area contributed by atoms with Crippen LogP contribution in [-0.4, -0.2) is 41.1 Å². The van der Waals surface area contributed by atoms with Gasteiger partial charge in [0.25, 0.3) is 0 Å². The van der Waals surface area contributed by atoms with Crippen LogP contribution in [0, 0.1) is 0 Å². The fraction of sp³-hybridized carbons (Fsp3) is 0.615. The second-order valence-corrected chi connectivity index (χ2v) is 7.04. The van der Waals surface area contributed by atoms with Crippen molar-refractivity contribution >= 4 is 23.5 Å². The van der Waals surface area contributed by atoms with E-state index in [1.807, 2.05) is 48.9 Å². The van der Waals surface area contributed by atoms with Crippen molar-refractivity contribution in [1.82, 2.24) is 10.3 Å². The van der Waals surface area contributed by atoms with Gasteiger partial charge in [-0.15, -0.1) is 0 Å². The van der Waals surface area contributed by atoms with E-state index in [0.29, 0.717) is 10.5 Å². The van der Waals surface area contributed by atoms with Crippen LogP contribution in [0.25, 0.3) is 0 Å². The molecule has 2 rings (SSSR count). The van der Waals surface area contributed by atoms with Crippen LogP contribution in [0.15, 0.2) is 18.3 Å². The summed E-state index contributed by atoms with van der Waals surface area (Å²) < 4.78 is 5.44. The quantitative estimate of drug-likeness (QED) is 0.919. The van der Waals surface area contributed by atoms with Gasteiger partial charge in [0.1, 0.15) is 11.4 Å². The minimum atomic E-state index is 0.244. The van der Waals surface area contributed by atoms with Crippen LogP contribution in [0.5, 0.6) is 5.75 Å². The zero-order valence-electron chi connectivity index (χ0n) is 11.1. The van der Waals surface area contributed by atoms with Crippen LogP contribution in [0.4, 0.5) is 0 Å². The number of pyridine rings is 1. The summed E-state index contributed by atoms with van der Waals surface area (Å²) in [4.78, 5) is 4.52. The standard InChI is InChI=1S/C13H20N2OS2/c1-9-13(18-8-7-17-9)12(14-2)11-10(16-3)5-4-6-15-11/h4-6,9,12-14H,7-8H2,1-3H3. The van der Waals surface area contributed by atoms with Gasteiger partial charge < -0.3 is 10.1 Å². The van der Waals surface area contributed by atoms with E-state index >= 15 is 0 Å². The first kappa shape index (κ1) is 14.0. The van der Waals surface area contributed by atoms with E-state index in [4.69, 9.17) is 4.74 Å². The molecule has 0 bridgehead atoms. The molecule has 1 fully saturated rings. The van der Waals surface area contributed by atoms with E-state index in [1.54, 1.807) is 7.11 Å². The first-order valence-electron chi connectivity index (χ1n) is 6.17. The van der Waals surface area contributed by atoms with Crippen LogP contribution in [0.2, 0.25) is 0 Å². The first-order chi connectivity index (χ1) is 8.77. The number of thioether (sulfide) groups is 2. The van der Waals surface area contributed by atoms with Crippen molar-refractivity contribution in [2.24, 2.45) is 0 Å². The smallest absolute Gasteiger partial charge is 0.142 e. The molecule has 3 unspecified atom stereocenters. The van der Waals surface area contributed by atoms with Gasteiger partial charge in [0, 0.05) is 28.2 Å². The molecule has 5 heteroatoms. The van der Waals surface area contributed by atoms with Crippen LogP contribution >= 0.6 is 23.5 Å². The lowest BCUT2D eigenvalue weighted by atomic mass is 10.1. The van der Waals surface area contributed by atoms with Crippen molar-refractivity contribution in [2.75, 3.05) is 25.7 Å². The molecule has 0 aliphatic carbocycles. The Morgan fingerprint density at radius 1 is 1.44 bits per heavy atom. The molecular weight excluding hydrogens is 264 g/mol. The van der Waals surface area contributed by atoms with E-state index in [0.717, 1.165) is 11.4 Å². The van der Waals surface area contributed by atoms with Gasteiger partial charge in [-0.1, -0.05) is 6.92 Å². The highest BCUT2D eigenvalue weighted by molar-refractivity contribution is 8.07. The number of ether oxygens (including phenoxy) is 1. The lowest BCUT2D eigenvalue weighted by molar-refractivity contribution is 0.395. The van der Waals surface area contributed by atoms with Crippen molar-refractivity contribution < 1.29 is 4.74 Å². The van der Waals surface area contributed by atoms with Crippen molar-refractivity contribution in [3.05, 3.63) is 24.0 Å². The molecular formula is C13H20N2OS2. The molecule has 3 atom stereocenters. The third-order valence-electron chi connectivity index (χ3n) is 3.19. The summed E-state index contributed by atoms with van der Waals surface area (Å²) >= 11 is 4.09. The Hall–Kier alpha value is -0.390. The van der Waals surface area contributed by atoms with Gasteiger partial charge in [-0.25, -0.2) is 0 Å². The van der Waals surface area contributed by atoms with Crippen molar-refractivity contribution in [2.45, 2.75) is 23.5 Å². The number of nitrogens with one attached hydrogen (secondary N) is 1. The highest BCUT2D eigenvalue weighted by Gasteiger charge is 2.32. The molecule has 1 aliphatic heterocycles. The van der Waals surface area contributed by atoms with Gasteiger partial charge in [0.2, 0.25) is 0 Å². The molecule has 2 heterocycles. The zero-order valence-corrected chi connectivity index (χ0v) is 12.7. The van der Waals surface area contributed by atoms with E-state index in [9.17, 15) is 0 Å². The summed E-state index contributed by atoms with van der Waals surface area (Å²) in [6.45, 7) is 2.31. The van der Waals surface area contributed by atoms with Crippen LogP contribution in [0.3, 0.4) is 0 Å². The highest BCUT2D eigenvalue weighted by atomic mass is 32.2. The summed E-state index contributed by atoms with van der Waals surface area (Å²) in [7, 11) is 3.71. The maximum atomic E-state index is 5.44. The van der Waals surface area contributed by atoms with Gasteiger partial charge >= 0.3 is 0 Å². The molecule has 0 saturated carbocycles. The minimum Gasteiger partial charge on any atom is -0.495 e. The van der Waals surface area contributed by atoms with E-state index in [2.05, 4.69) is 17.2 Å². The summed E-state index contributed by atoms with van der Waals surface area (Å²) in [6.07, 6.45) is 1.84. The molecule has 100 valence electrons. The minimum absolute atomic E-state index is 0.244. The van der Waals surface area contributed by atoms with Crippen LogP contribution in [-0.2, 0) is 0 Å². The van der Waals surface area contributed by atoms with E-state index in [1.165, 1.54) is 11.5 Å². The Kier molecular flexibility index (Phi) is 5.21. The molecule has 1 aromatic heterocycles. The average molecular weight is 284 g/mol. The normalized spacial score (nSPS) is 25.7. The van der Waals surface area contributed by atoms with Gasteiger partial charge in [-0.05, 0) is 19.2 Å². The summed E-state index contributed by atoms with van der Waals surface area (Å²) in [5.74, 6) is 3.34. The summed E-state index contributed by atoms with van der Waals surface area (Å²) in [6, 6.07) is 4.15. The molecule has 1 aliphatic rings. The molecule has 18 heavy (non-hydrogen) atoms. The molecule has 3 nitrogen and oxygen atoms in total. The van der Waals surface area contributed by atoms with Gasteiger partial charge in [0.05, 0.1) is 13.2 Å². The van der Waals surface area contributed by atoms with Crippen molar-refractivity contribution in [3.63, 3.8) is 0 Å². The topological polar surface area (TPSA) is 34.2 Å². The predicted molar refractivity (Wildman–Crippen MR) is 80.8 cm³/mol. The van der Waals surface area contributed by atoms with Crippen LogP contribution in [0.1, 0.15) is 18.7 Å². The van der Waals surface area contributed by atoms with Gasteiger partial charge in [-0.2, -0.15) is 23.5 Å². The summed E-state index contributed by atoms with van der Waals surface area (Å²) in [5, 5.41) is 4.59. The number of hydrogen-bond donors (Lipinski definition) is 1. The lowest BCUT2D eigenvalue weighted by Crippen LogP contribution is -2.36. The molecule has 1 saturated heterocycles. The van der Waals surface area contributed by atoms with Crippen molar-refractivity contribution in [3.8, 4) is 5.75 Å². The maximum Gasteiger partial charge on any atom is 0.142 e. The number of hydrogen-bond acceptors (Lipinski definition) is 5. The first-order valence-corrected chi connectivity index (χ1v) is 8.27. The van der Waals surface area contributed by atoms with E-state index < -0.39 is 0 Å². The average Bonchev–Trinajstić information content (AvgIpc) is 2.42.